The van der Waals surface area contributed by atoms with E-state index in [4.69, 9.17) is 4.84 Å². The highest BCUT2D eigenvalue weighted by Gasteiger charge is 2.35. The summed E-state index contributed by atoms with van der Waals surface area (Å²) in [6.07, 6.45) is 5.59. The molecular formula is C8H11NO2. The van der Waals surface area contributed by atoms with Gasteiger partial charge in [-0.3, -0.25) is 4.79 Å². The fraction of sp³-hybridized carbons (Fsp3) is 0.750. The number of nitrogens with zero attached hydrogens (tertiary/aromatic N) is 1. The Morgan fingerprint density at radius 2 is 2.27 bits per heavy atom. The standard InChI is InChI=1S/C8H11NO2/c10-5-7-6-3-1-2-4-8(6)11-9-7/h5-6,8H,1-4H2/t6-,8-/m1/s1. The molecule has 2 atom stereocenters. The van der Waals surface area contributed by atoms with Crippen LogP contribution < -0.4 is 0 Å². The molecule has 3 heteroatoms. The fourth-order valence-electron chi connectivity index (χ4n) is 1.87. The molecule has 60 valence electrons. The number of carbonyl (C=O) groups is 1. The van der Waals surface area contributed by atoms with Gasteiger partial charge in [0.2, 0.25) is 0 Å². The fourth-order valence-corrected chi connectivity index (χ4v) is 1.87. The summed E-state index contributed by atoms with van der Waals surface area (Å²) in [5, 5.41) is 3.75. The zero-order chi connectivity index (χ0) is 7.68. The van der Waals surface area contributed by atoms with E-state index in [2.05, 4.69) is 5.16 Å². The van der Waals surface area contributed by atoms with Gasteiger partial charge in [0.15, 0.2) is 6.29 Å². The molecule has 3 nitrogen and oxygen atoms in total. The van der Waals surface area contributed by atoms with Gasteiger partial charge in [0.05, 0.1) is 0 Å². The van der Waals surface area contributed by atoms with Gasteiger partial charge in [0.25, 0.3) is 0 Å². The van der Waals surface area contributed by atoms with Crippen molar-refractivity contribution in [2.45, 2.75) is 31.8 Å². The molecule has 1 aliphatic carbocycles. The van der Waals surface area contributed by atoms with Crippen molar-refractivity contribution in [2.24, 2.45) is 11.1 Å². The normalized spacial score (nSPS) is 35.5. The molecule has 0 bridgehead atoms. The van der Waals surface area contributed by atoms with Crippen LogP contribution in [0.15, 0.2) is 5.16 Å². The van der Waals surface area contributed by atoms with Crippen LogP contribution >= 0.6 is 0 Å². The van der Waals surface area contributed by atoms with Crippen molar-refractivity contribution in [2.75, 3.05) is 0 Å². The first kappa shape index (κ1) is 6.83. The maximum Gasteiger partial charge on any atom is 0.168 e. The second kappa shape index (κ2) is 2.64. The van der Waals surface area contributed by atoms with E-state index < -0.39 is 0 Å². The van der Waals surface area contributed by atoms with E-state index in [0.29, 0.717) is 11.6 Å². The second-order valence-corrected chi connectivity index (χ2v) is 3.17. The predicted molar refractivity (Wildman–Crippen MR) is 40.3 cm³/mol. The summed E-state index contributed by atoms with van der Waals surface area (Å²) in [6.45, 7) is 0. The molecule has 0 radical (unpaired) electrons. The van der Waals surface area contributed by atoms with Crippen molar-refractivity contribution in [1.82, 2.24) is 0 Å². The van der Waals surface area contributed by atoms with Crippen molar-refractivity contribution in [1.29, 1.82) is 0 Å². The SMILES string of the molecule is O=CC1=NO[C@@H]2CCCC[C@H]12. The highest BCUT2D eigenvalue weighted by molar-refractivity contribution is 6.29. The number of hydrogen-bond donors (Lipinski definition) is 0. The van der Waals surface area contributed by atoms with Gasteiger partial charge < -0.3 is 4.84 Å². The van der Waals surface area contributed by atoms with Gasteiger partial charge in [0, 0.05) is 5.92 Å². The molecule has 0 spiro atoms. The topological polar surface area (TPSA) is 38.7 Å². The number of hydrogen-bond acceptors (Lipinski definition) is 3. The maximum atomic E-state index is 10.5. The monoisotopic (exact) mass is 153 g/mol. The molecule has 11 heavy (non-hydrogen) atoms. The largest absolute Gasteiger partial charge is 0.391 e. The van der Waals surface area contributed by atoms with Crippen LogP contribution in [0.5, 0.6) is 0 Å². The Hall–Kier alpha value is -0.860. The van der Waals surface area contributed by atoms with Crippen molar-refractivity contribution >= 4 is 12.0 Å². The first-order valence-electron chi connectivity index (χ1n) is 4.10. The molecule has 1 aliphatic heterocycles. The molecule has 0 aromatic rings. The van der Waals surface area contributed by atoms with E-state index in [9.17, 15) is 4.79 Å². The van der Waals surface area contributed by atoms with Gasteiger partial charge in [-0.1, -0.05) is 11.6 Å². The van der Waals surface area contributed by atoms with Gasteiger partial charge in [-0.2, -0.15) is 0 Å². The minimum Gasteiger partial charge on any atom is -0.391 e. The Balaban J connectivity index is 2.11. The third-order valence-electron chi connectivity index (χ3n) is 2.50. The van der Waals surface area contributed by atoms with Crippen molar-refractivity contribution in [3.05, 3.63) is 0 Å². The predicted octanol–water partition coefficient (Wildman–Crippen LogP) is 1.13. The Labute approximate surface area is 65.4 Å². The summed E-state index contributed by atoms with van der Waals surface area (Å²) in [4.78, 5) is 15.6. The van der Waals surface area contributed by atoms with E-state index in [1.54, 1.807) is 0 Å². The maximum absolute atomic E-state index is 10.5. The zero-order valence-electron chi connectivity index (χ0n) is 6.32. The number of aldehydes is 1. The smallest absolute Gasteiger partial charge is 0.168 e. The minimum atomic E-state index is 0.212. The number of rotatable bonds is 1. The van der Waals surface area contributed by atoms with Crippen LogP contribution in [0.3, 0.4) is 0 Å². The molecule has 0 N–H and O–H groups in total. The van der Waals surface area contributed by atoms with Crippen LogP contribution in [0.2, 0.25) is 0 Å². The van der Waals surface area contributed by atoms with E-state index in [0.717, 1.165) is 19.1 Å². The van der Waals surface area contributed by atoms with Crippen LogP contribution in [0.4, 0.5) is 0 Å². The molecule has 1 fully saturated rings. The van der Waals surface area contributed by atoms with E-state index in [1.807, 2.05) is 0 Å². The van der Waals surface area contributed by atoms with Crippen molar-refractivity contribution in [3.63, 3.8) is 0 Å². The van der Waals surface area contributed by atoms with E-state index in [1.165, 1.54) is 12.8 Å². The van der Waals surface area contributed by atoms with Crippen LogP contribution in [-0.4, -0.2) is 18.1 Å². The van der Waals surface area contributed by atoms with Crippen LogP contribution in [-0.2, 0) is 9.63 Å². The summed E-state index contributed by atoms with van der Waals surface area (Å²) in [5.74, 6) is 0.307. The van der Waals surface area contributed by atoms with Gasteiger partial charge in [-0.15, -0.1) is 0 Å². The minimum absolute atomic E-state index is 0.212. The van der Waals surface area contributed by atoms with Crippen molar-refractivity contribution < 1.29 is 9.63 Å². The number of fused-ring (bicyclic) bond motifs is 1. The Bertz CT molecular complexity index is 200. The third-order valence-corrected chi connectivity index (χ3v) is 2.50. The first-order chi connectivity index (χ1) is 5.42. The number of carbonyl (C=O) groups excluding carboxylic acids is 1. The highest BCUT2D eigenvalue weighted by atomic mass is 16.6. The lowest BCUT2D eigenvalue weighted by Gasteiger charge is -2.21. The molecule has 1 saturated carbocycles. The highest BCUT2D eigenvalue weighted by Crippen LogP contribution is 2.31. The molecule has 0 aromatic heterocycles. The Morgan fingerprint density at radius 3 is 3.09 bits per heavy atom. The molecule has 0 aromatic carbocycles. The van der Waals surface area contributed by atoms with E-state index >= 15 is 0 Å². The quantitative estimate of drug-likeness (QED) is 0.530. The molecule has 2 aliphatic rings. The first-order valence-corrected chi connectivity index (χ1v) is 4.10. The lowest BCUT2D eigenvalue weighted by Crippen LogP contribution is -2.27. The van der Waals surface area contributed by atoms with Gasteiger partial charge in [-0.05, 0) is 19.3 Å². The van der Waals surface area contributed by atoms with Gasteiger partial charge in [0.1, 0.15) is 11.8 Å². The van der Waals surface area contributed by atoms with Crippen molar-refractivity contribution in [3.8, 4) is 0 Å². The Kier molecular flexibility index (Phi) is 1.64. The average Bonchev–Trinajstić information content (AvgIpc) is 2.47. The third kappa shape index (κ3) is 1.04. The molecule has 0 saturated heterocycles. The Morgan fingerprint density at radius 1 is 1.45 bits per heavy atom. The van der Waals surface area contributed by atoms with Gasteiger partial charge >= 0.3 is 0 Å². The lowest BCUT2D eigenvalue weighted by molar-refractivity contribution is -0.102. The summed E-state index contributed by atoms with van der Waals surface area (Å²) in [7, 11) is 0. The molecule has 2 rings (SSSR count). The molecular weight excluding hydrogens is 142 g/mol. The van der Waals surface area contributed by atoms with E-state index in [-0.39, 0.29) is 6.10 Å². The lowest BCUT2D eigenvalue weighted by atomic mass is 9.84. The van der Waals surface area contributed by atoms with Gasteiger partial charge in [-0.25, -0.2) is 0 Å². The molecule has 0 amide bonds. The summed E-state index contributed by atoms with van der Waals surface area (Å²) in [5.41, 5.74) is 0.620. The van der Waals surface area contributed by atoms with Crippen LogP contribution in [0, 0.1) is 5.92 Å². The van der Waals surface area contributed by atoms with Crippen LogP contribution in [0.25, 0.3) is 0 Å². The zero-order valence-corrected chi connectivity index (χ0v) is 6.32. The summed E-state index contributed by atoms with van der Waals surface area (Å²) in [6, 6.07) is 0. The van der Waals surface area contributed by atoms with Crippen LogP contribution in [0.1, 0.15) is 25.7 Å². The summed E-state index contributed by atoms with van der Waals surface area (Å²) >= 11 is 0. The second-order valence-electron chi connectivity index (χ2n) is 3.17. The molecule has 0 unspecified atom stereocenters. The number of oxime groups is 1. The summed E-state index contributed by atoms with van der Waals surface area (Å²) < 4.78 is 0. The average molecular weight is 153 g/mol. The molecule has 1 heterocycles.